The molecular weight excluding hydrogens is 196 g/mol. The fourth-order valence-corrected chi connectivity index (χ4v) is 3.27. The lowest BCUT2D eigenvalue weighted by molar-refractivity contribution is 0.138. The minimum atomic E-state index is 0.877. The lowest BCUT2D eigenvalue weighted by Gasteiger charge is -2.34. The van der Waals surface area contributed by atoms with E-state index in [4.69, 9.17) is 0 Å². The van der Waals surface area contributed by atoms with Crippen molar-refractivity contribution >= 4 is 0 Å². The summed E-state index contributed by atoms with van der Waals surface area (Å²) in [6.45, 7) is 6.38. The van der Waals surface area contributed by atoms with E-state index in [2.05, 4.69) is 17.1 Å². The molecule has 0 bridgehead atoms. The number of nitrogens with one attached hydrogen (secondary N) is 1. The van der Waals surface area contributed by atoms with Crippen molar-refractivity contribution in [2.45, 2.75) is 57.5 Å². The van der Waals surface area contributed by atoms with Crippen molar-refractivity contribution in [2.75, 3.05) is 19.6 Å². The van der Waals surface area contributed by atoms with Crippen LogP contribution in [0, 0.1) is 11.8 Å². The molecule has 0 aromatic heterocycles. The summed E-state index contributed by atoms with van der Waals surface area (Å²) in [5, 5.41) is 3.48. The standard InChI is InChI=1S/C14H26N2/c1-11(13-2-3-13)16(14-4-5-14)10-12-6-8-15-9-7-12/h11-15H,2-10H2,1H3. The van der Waals surface area contributed by atoms with Gasteiger partial charge in [-0.2, -0.15) is 0 Å². The number of hydrogen-bond donors (Lipinski definition) is 1. The van der Waals surface area contributed by atoms with Crippen LogP contribution < -0.4 is 5.32 Å². The Morgan fingerprint density at radius 2 is 1.75 bits per heavy atom. The Bertz CT molecular complexity index is 227. The second kappa shape index (κ2) is 4.66. The predicted octanol–water partition coefficient (Wildman–Crippen LogP) is 2.25. The Balaban J connectivity index is 1.54. The van der Waals surface area contributed by atoms with Crippen molar-refractivity contribution in [3.05, 3.63) is 0 Å². The van der Waals surface area contributed by atoms with Crippen molar-refractivity contribution in [1.82, 2.24) is 10.2 Å². The van der Waals surface area contributed by atoms with Gasteiger partial charge >= 0.3 is 0 Å². The summed E-state index contributed by atoms with van der Waals surface area (Å²) in [6.07, 6.45) is 8.75. The molecular formula is C14H26N2. The largest absolute Gasteiger partial charge is 0.317 e. The molecule has 0 spiro atoms. The minimum Gasteiger partial charge on any atom is -0.317 e. The second-order valence-electron chi connectivity index (χ2n) is 6.20. The topological polar surface area (TPSA) is 15.3 Å². The Labute approximate surface area is 99.8 Å². The summed E-state index contributed by atoms with van der Waals surface area (Å²) >= 11 is 0. The Morgan fingerprint density at radius 1 is 1.06 bits per heavy atom. The molecule has 1 heterocycles. The van der Waals surface area contributed by atoms with Crippen molar-refractivity contribution in [1.29, 1.82) is 0 Å². The zero-order valence-electron chi connectivity index (χ0n) is 10.6. The van der Waals surface area contributed by atoms with Crippen molar-refractivity contribution in [3.63, 3.8) is 0 Å². The van der Waals surface area contributed by atoms with Gasteiger partial charge in [0.05, 0.1) is 0 Å². The molecule has 2 heteroatoms. The molecule has 92 valence electrons. The van der Waals surface area contributed by atoms with Gasteiger partial charge in [-0.05, 0) is 70.4 Å². The van der Waals surface area contributed by atoms with E-state index in [1.54, 1.807) is 0 Å². The molecule has 3 fully saturated rings. The Morgan fingerprint density at radius 3 is 2.31 bits per heavy atom. The minimum absolute atomic E-state index is 0.877. The average molecular weight is 222 g/mol. The number of hydrogen-bond acceptors (Lipinski definition) is 2. The highest BCUT2D eigenvalue weighted by molar-refractivity contribution is 4.94. The smallest absolute Gasteiger partial charge is 0.00994 e. The molecule has 2 nitrogen and oxygen atoms in total. The monoisotopic (exact) mass is 222 g/mol. The Kier molecular flexibility index (Phi) is 3.21. The lowest BCUT2D eigenvalue weighted by Crippen LogP contribution is -2.42. The molecule has 0 radical (unpaired) electrons. The molecule has 2 aliphatic carbocycles. The fourth-order valence-electron chi connectivity index (χ4n) is 3.27. The fraction of sp³-hybridized carbons (Fsp3) is 1.00. The first-order valence-corrected chi connectivity index (χ1v) is 7.31. The molecule has 0 aromatic rings. The molecule has 0 amide bonds. The first-order chi connectivity index (χ1) is 7.84. The van der Waals surface area contributed by atoms with Gasteiger partial charge in [0, 0.05) is 18.6 Å². The molecule has 1 atom stereocenters. The van der Waals surface area contributed by atoms with Crippen LogP contribution in [-0.4, -0.2) is 36.6 Å². The summed E-state index contributed by atoms with van der Waals surface area (Å²) in [7, 11) is 0. The highest BCUT2D eigenvalue weighted by Crippen LogP contribution is 2.40. The average Bonchev–Trinajstić information content (AvgIpc) is 3.19. The normalized spacial score (nSPS) is 29.6. The summed E-state index contributed by atoms with van der Waals surface area (Å²) in [6, 6.07) is 1.84. The van der Waals surface area contributed by atoms with Crippen molar-refractivity contribution in [3.8, 4) is 0 Å². The van der Waals surface area contributed by atoms with Crippen LogP contribution in [0.25, 0.3) is 0 Å². The van der Waals surface area contributed by atoms with Crippen LogP contribution >= 0.6 is 0 Å². The van der Waals surface area contributed by atoms with E-state index in [0.29, 0.717) is 0 Å². The highest BCUT2D eigenvalue weighted by atomic mass is 15.2. The van der Waals surface area contributed by atoms with E-state index in [9.17, 15) is 0 Å². The summed E-state index contributed by atoms with van der Waals surface area (Å²) in [5.41, 5.74) is 0. The highest BCUT2D eigenvalue weighted by Gasteiger charge is 2.39. The molecule has 1 saturated heterocycles. The van der Waals surface area contributed by atoms with Gasteiger partial charge in [0.15, 0.2) is 0 Å². The van der Waals surface area contributed by atoms with Gasteiger partial charge in [-0.3, -0.25) is 4.90 Å². The third-order valence-electron chi connectivity index (χ3n) is 4.77. The Hall–Kier alpha value is -0.0800. The number of piperidine rings is 1. The molecule has 3 rings (SSSR count). The second-order valence-corrected chi connectivity index (χ2v) is 6.20. The van der Waals surface area contributed by atoms with Crippen LogP contribution in [0.1, 0.15) is 45.4 Å². The predicted molar refractivity (Wildman–Crippen MR) is 67.5 cm³/mol. The van der Waals surface area contributed by atoms with Gasteiger partial charge in [0.1, 0.15) is 0 Å². The summed E-state index contributed by atoms with van der Waals surface area (Å²) < 4.78 is 0. The van der Waals surface area contributed by atoms with E-state index < -0.39 is 0 Å². The molecule has 1 aliphatic heterocycles. The number of nitrogens with zero attached hydrogens (tertiary/aromatic N) is 1. The van der Waals surface area contributed by atoms with Crippen molar-refractivity contribution in [2.24, 2.45) is 11.8 Å². The van der Waals surface area contributed by atoms with E-state index in [1.165, 1.54) is 58.2 Å². The number of rotatable bonds is 5. The van der Waals surface area contributed by atoms with Crippen molar-refractivity contribution < 1.29 is 0 Å². The van der Waals surface area contributed by atoms with Gasteiger partial charge in [-0.15, -0.1) is 0 Å². The van der Waals surface area contributed by atoms with E-state index in [0.717, 1.165) is 23.9 Å². The van der Waals surface area contributed by atoms with Gasteiger partial charge in [0.25, 0.3) is 0 Å². The molecule has 0 aromatic carbocycles. The van der Waals surface area contributed by atoms with Gasteiger partial charge in [0.2, 0.25) is 0 Å². The van der Waals surface area contributed by atoms with E-state index in [-0.39, 0.29) is 0 Å². The quantitative estimate of drug-likeness (QED) is 0.767. The van der Waals surface area contributed by atoms with E-state index in [1.807, 2.05) is 0 Å². The molecule has 1 N–H and O–H groups in total. The van der Waals surface area contributed by atoms with Crippen LogP contribution in [0.2, 0.25) is 0 Å². The lowest BCUT2D eigenvalue weighted by atomic mass is 9.96. The third-order valence-corrected chi connectivity index (χ3v) is 4.77. The third kappa shape index (κ3) is 2.60. The molecule has 2 saturated carbocycles. The van der Waals surface area contributed by atoms with Crippen LogP contribution in [0.15, 0.2) is 0 Å². The first kappa shape index (κ1) is 11.0. The first-order valence-electron chi connectivity index (χ1n) is 7.31. The van der Waals surface area contributed by atoms with Crippen LogP contribution in [0.3, 0.4) is 0 Å². The van der Waals surface area contributed by atoms with E-state index >= 15 is 0 Å². The zero-order chi connectivity index (χ0) is 11.0. The van der Waals surface area contributed by atoms with Gasteiger partial charge in [-0.25, -0.2) is 0 Å². The molecule has 16 heavy (non-hydrogen) atoms. The van der Waals surface area contributed by atoms with Gasteiger partial charge in [-0.1, -0.05) is 0 Å². The zero-order valence-corrected chi connectivity index (χ0v) is 10.6. The maximum absolute atomic E-state index is 3.48. The molecule has 1 unspecified atom stereocenters. The van der Waals surface area contributed by atoms with Gasteiger partial charge < -0.3 is 5.32 Å². The SMILES string of the molecule is CC(C1CC1)N(CC1CCNCC1)C1CC1. The van der Waals surface area contributed by atoms with Crippen LogP contribution in [-0.2, 0) is 0 Å². The summed E-state index contributed by atoms with van der Waals surface area (Å²) in [4.78, 5) is 2.87. The van der Waals surface area contributed by atoms with Crippen LogP contribution in [0.5, 0.6) is 0 Å². The molecule has 3 aliphatic rings. The maximum Gasteiger partial charge on any atom is 0.00994 e. The van der Waals surface area contributed by atoms with Crippen LogP contribution in [0.4, 0.5) is 0 Å². The maximum atomic E-state index is 3.48. The summed E-state index contributed by atoms with van der Waals surface area (Å²) in [5.74, 6) is 2.02.